The molecule has 2 aromatic heterocycles. The van der Waals surface area contributed by atoms with Crippen LogP contribution in [0.4, 0.5) is 17.1 Å². The summed E-state index contributed by atoms with van der Waals surface area (Å²) >= 11 is 3.15. The third-order valence-corrected chi connectivity index (χ3v) is 9.39. The molecule has 1 amide bonds. The van der Waals surface area contributed by atoms with Gasteiger partial charge in [0.1, 0.15) is 0 Å². The fraction of sp³-hybridized carbons (Fsp3) is 0.121. The number of rotatable bonds is 7. The molecule has 6 rings (SSSR count). The number of para-hydroxylation sites is 1. The molecular weight excluding hydrogens is 551 g/mol. The highest BCUT2D eigenvalue weighted by atomic mass is 32.1. The van der Waals surface area contributed by atoms with Crippen LogP contribution in [0.1, 0.15) is 22.4 Å². The standard InChI is InChI=1S/C33H27N3O3S2/c1-20-9-12-24(13-10-20)36-15-5-6-21-16-22(11-14-27(21)36)28-19-30-29(41-28)18-25(40-30)17-26(31(34)33(38)39)32(37)35-23-7-3-2-4-8-23/h2-4,7-14,16-19,34H,5-6,15H2,1H3,(H,35,37)(H,38,39)/b26-17-,34-31?. The zero-order chi connectivity index (χ0) is 28.5. The fourth-order valence-corrected chi connectivity index (χ4v) is 7.39. The lowest BCUT2D eigenvalue weighted by atomic mass is 9.98. The molecule has 0 saturated heterocycles. The van der Waals surface area contributed by atoms with E-state index >= 15 is 0 Å². The monoisotopic (exact) mass is 577 g/mol. The molecule has 0 bridgehead atoms. The molecule has 1 aliphatic rings. The number of amides is 1. The number of carboxylic acid groups (broad SMARTS) is 1. The number of nitrogens with zero attached hydrogens (tertiary/aromatic N) is 1. The van der Waals surface area contributed by atoms with Crippen molar-refractivity contribution in [3.8, 4) is 10.4 Å². The Hall–Kier alpha value is -4.53. The normalized spacial score (nSPS) is 13.2. The van der Waals surface area contributed by atoms with Gasteiger partial charge in [-0.2, -0.15) is 0 Å². The second kappa shape index (κ2) is 11.2. The average Bonchev–Trinajstić information content (AvgIpc) is 3.55. The molecule has 41 heavy (non-hydrogen) atoms. The van der Waals surface area contributed by atoms with Crippen LogP contribution >= 0.6 is 22.7 Å². The first-order chi connectivity index (χ1) is 19.9. The summed E-state index contributed by atoms with van der Waals surface area (Å²) in [6.45, 7) is 3.11. The van der Waals surface area contributed by atoms with E-state index in [4.69, 9.17) is 5.41 Å². The molecule has 3 aromatic carbocycles. The van der Waals surface area contributed by atoms with E-state index in [2.05, 4.69) is 65.7 Å². The van der Waals surface area contributed by atoms with E-state index in [1.807, 2.05) is 12.1 Å². The van der Waals surface area contributed by atoms with E-state index in [0.29, 0.717) is 5.69 Å². The molecule has 0 saturated carbocycles. The molecule has 0 fully saturated rings. The number of carboxylic acids is 1. The number of hydrogen-bond acceptors (Lipinski definition) is 6. The lowest BCUT2D eigenvalue weighted by Gasteiger charge is -2.31. The van der Waals surface area contributed by atoms with Gasteiger partial charge in [0.15, 0.2) is 5.71 Å². The van der Waals surface area contributed by atoms with Gasteiger partial charge in [-0.05, 0) is 85.5 Å². The van der Waals surface area contributed by atoms with Crippen molar-refractivity contribution in [2.45, 2.75) is 19.8 Å². The van der Waals surface area contributed by atoms with Gasteiger partial charge in [-0.3, -0.25) is 10.2 Å². The minimum Gasteiger partial charge on any atom is -0.477 e. The minimum atomic E-state index is -1.45. The van der Waals surface area contributed by atoms with Crippen LogP contribution in [-0.2, 0) is 16.0 Å². The lowest BCUT2D eigenvalue weighted by Crippen LogP contribution is -2.25. The lowest BCUT2D eigenvalue weighted by molar-refractivity contribution is -0.129. The number of anilines is 3. The van der Waals surface area contributed by atoms with Crippen molar-refractivity contribution in [1.82, 2.24) is 0 Å². The number of aryl methyl sites for hydroxylation is 2. The van der Waals surface area contributed by atoms with E-state index in [1.165, 1.54) is 45.5 Å². The highest BCUT2D eigenvalue weighted by Crippen LogP contribution is 2.42. The summed E-state index contributed by atoms with van der Waals surface area (Å²) in [7, 11) is 0. The quantitative estimate of drug-likeness (QED) is 0.134. The van der Waals surface area contributed by atoms with Crippen LogP contribution in [0.25, 0.3) is 25.9 Å². The van der Waals surface area contributed by atoms with Crippen LogP contribution in [0.5, 0.6) is 0 Å². The van der Waals surface area contributed by atoms with Gasteiger partial charge in [0.05, 0.1) is 5.57 Å². The van der Waals surface area contributed by atoms with Crippen molar-refractivity contribution < 1.29 is 14.7 Å². The Labute approximate surface area is 245 Å². The molecule has 5 aromatic rings. The van der Waals surface area contributed by atoms with Crippen molar-refractivity contribution in [2.75, 3.05) is 16.8 Å². The summed E-state index contributed by atoms with van der Waals surface area (Å²) in [5.74, 6) is -2.08. The number of carbonyl (C=O) groups is 2. The number of hydrogen-bond donors (Lipinski definition) is 3. The zero-order valence-electron chi connectivity index (χ0n) is 22.3. The maximum Gasteiger partial charge on any atom is 0.354 e. The summed E-state index contributed by atoms with van der Waals surface area (Å²) < 4.78 is 2.11. The van der Waals surface area contributed by atoms with Crippen molar-refractivity contribution in [3.05, 3.63) is 107 Å². The Morgan fingerprint density at radius 1 is 0.951 bits per heavy atom. The van der Waals surface area contributed by atoms with Crippen LogP contribution in [-0.4, -0.2) is 29.2 Å². The van der Waals surface area contributed by atoms with Crippen LogP contribution in [0.15, 0.2) is 90.5 Å². The van der Waals surface area contributed by atoms with E-state index < -0.39 is 17.6 Å². The Bertz CT molecular complexity index is 1790. The van der Waals surface area contributed by atoms with E-state index in [-0.39, 0.29) is 5.57 Å². The van der Waals surface area contributed by atoms with Gasteiger partial charge in [-0.1, -0.05) is 42.0 Å². The number of carbonyl (C=O) groups excluding carboxylic acids is 1. The van der Waals surface area contributed by atoms with Crippen molar-refractivity contribution in [2.24, 2.45) is 0 Å². The molecule has 0 aliphatic carbocycles. The van der Waals surface area contributed by atoms with Crippen molar-refractivity contribution in [3.63, 3.8) is 0 Å². The van der Waals surface area contributed by atoms with Gasteiger partial charge in [0.25, 0.3) is 5.91 Å². The topological polar surface area (TPSA) is 93.5 Å². The molecule has 204 valence electrons. The second-order valence-electron chi connectivity index (χ2n) is 9.98. The maximum atomic E-state index is 12.9. The molecule has 0 radical (unpaired) electrons. The van der Waals surface area contributed by atoms with Gasteiger partial charge in [-0.25, -0.2) is 4.79 Å². The van der Waals surface area contributed by atoms with Crippen LogP contribution < -0.4 is 10.2 Å². The largest absolute Gasteiger partial charge is 0.477 e. The van der Waals surface area contributed by atoms with Crippen molar-refractivity contribution in [1.29, 1.82) is 5.41 Å². The first-order valence-corrected chi connectivity index (χ1v) is 14.9. The molecule has 3 N–H and O–H groups in total. The summed E-state index contributed by atoms with van der Waals surface area (Å²) in [5.41, 5.74) is 5.85. The molecule has 3 heterocycles. The number of thiophene rings is 2. The summed E-state index contributed by atoms with van der Waals surface area (Å²) in [6.07, 6.45) is 3.64. The van der Waals surface area contributed by atoms with Gasteiger partial charge in [0.2, 0.25) is 0 Å². The highest BCUT2D eigenvalue weighted by molar-refractivity contribution is 7.29. The van der Waals surface area contributed by atoms with Gasteiger partial charge in [0, 0.05) is 42.8 Å². The summed E-state index contributed by atoms with van der Waals surface area (Å²) in [6, 6.07) is 28.3. The third kappa shape index (κ3) is 5.57. The zero-order valence-corrected chi connectivity index (χ0v) is 23.9. The number of nitrogens with one attached hydrogen (secondary N) is 2. The number of benzene rings is 3. The molecule has 0 spiro atoms. The van der Waals surface area contributed by atoms with Gasteiger partial charge in [-0.15, -0.1) is 22.7 Å². The van der Waals surface area contributed by atoms with Crippen LogP contribution in [0.2, 0.25) is 0 Å². The van der Waals surface area contributed by atoms with Crippen LogP contribution in [0.3, 0.4) is 0 Å². The Morgan fingerprint density at radius 3 is 2.44 bits per heavy atom. The smallest absolute Gasteiger partial charge is 0.354 e. The molecule has 8 heteroatoms. The highest BCUT2D eigenvalue weighted by Gasteiger charge is 2.22. The first-order valence-electron chi connectivity index (χ1n) is 13.3. The minimum absolute atomic E-state index is 0.191. The van der Waals surface area contributed by atoms with E-state index in [0.717, 1.165) is 38.5 Å². The summed E-state index contributed by atoms with van der Waals surface area (Å²) in [4.78, 5) is 28.8. The third-order valence-electron chi connectivity index (χ3n) is 7.10. The molecule has 0 atom stereocenters. The molecular formula is C33H27N3O3S2. The Balaban J connectivity index is 1.27. The van der Waals surface area contributed by atoms with E-state index in [9.17, 15) is 14.7 Å². The van der Waals surface area contributed by atoms with Gasteiger partial charge >= 0.3 is 5.97 Å². The second-order valence-corrected chi connectivity index (χ2v) is 12.2. The predicted molar refractivity (Wildman–Crippen MR) is 170 cm³/mol. The van der Waals surface area contributed by atoms with Gasteiger partial charge < -0.3 is 15.3 Å². The first kappa shape index (κ1) is 26.7. The molecule has 1 aliphatic heterocycles. The predicted octanol–water partition coefficient (Wildman–Crippen LogP) is 8.15. The molecule has 6 nitrogen and oxygen atoms in total. The SMILES string of the molecule is Cc1ccc(N2CCCc3cc(-c4cc5sc(/C=C(/C(=N)C(=O)O)C(=O)Nc6ccccc6)cc5s4)ccc32)cc1. The number of aliphatic carboxylic acids is 1. The maximum absolute atomic E-state index is 12.9. The summed E-state index contributed by atoms with van der Waals surface area (Å²) in [5, 5.41) is 20.2. The average molecular weight is 578 g/mol. The fourth-order valence-electron chi connectivity index (χ4n) is 5.04. The number of fused-ring (bicyclic) bond motifs is 2. The molecule has 0 unspecified atom stereocenters. The Kier molecular flexibility index (Phi) is 7.26. The van der Waals surface area contributed by atoms with E-state index in [1.54, 1.807) is 35.6 Å². The van der Waals surface area contributed by atoms with Crippen molar-refractivity contribution >= 4 is 72.8 Å². The Morgan fingerprint density at radius 2 is 1.71 bits per heavy atom. The van der Waals surface area contributed by atoms with Crippen LogP contribution in [0, 0.1) is 12.3 Å².